The van der Waals surface area contributed by atoms with Crippen molar-refractivity contribution in [1.82, 2.24) is 0 Å². The molecular weight excluding hydrogens is 192 g/mol. The van der Waals surface area contributed by atoms with Crippen molar-refractivity contribution in [1.29, 1.82) is 0 Å². The standard InChI is InChI=1S/C12H16OS/c1-3-4-9-14-12(13)11-7-5-10(2)6-8-11/h5-8H,3-4,9H2,1-2H3. The van der Waals surface area contributed by atoms with E-state index in [4.69, 9.17) is 0 Å². The molecule has 1 aromatic carbocycles. The number of unbranched alkanes of at least 4 members (excludes halogenated alkanes) is 1. The van der Waals surface area contributed by atoms with Crippen LogP contribution in [-0.4, -0.2) is 10.9 Å². The lowest BCUT2D eigenvalue weighted by Gasteiger charge is -2.00. The fraction of sp³-hybridized carbons (Fsp3) is 0.417. The van der Waals surface area contributed by atoms with Crippen molar-refractivity contribution in [3.63, 3.8) is 0 Å². The van der Waals surface area contributed by atoms with Gasteiger partial charge in [-0.15, -0.1) is 0 Å². The molecule has 0 radical (unpaired) electrons. The minimum Gasteiger partial charge on any atom is -0.282 e. The number of carbonyl (C=O) groups is 1. The zero-order valence-corrected chi connectivity index (χ0v) is 9.56. The fourth-order valence-corrected chi connectivity index (χ4v) is 2.00. The summed E-state index contributed by atoms with van der Waals surface area (Å²) in [5.74, 6) is 0.934. The Hall–Kier alpha value is -0.760. The van der Waals surface area contributed by atoms with Gasteiger partial charge in [-0.2, -0.15) is 0 Å². The van der Waals surface area contributed by atoms with Gasteiger partial charge in [-0.3, -0.25) is 4.79 Å². The van der Waals surface area contributed by atoms with Crippen LogP contribution in [0.5, 0.6) is 0 Å². The summed E-state index contributed by atoms with van der Waals surface area (Å²) in [6.07, 6.45) is 2.26. The van der Waals surface area contributed by atoms with Crippen molar-refractivity contribution in [2.45, 2.75) is 26.7 Å². The van der Waals surface area contributed by atoms with Crippen molar-refractivity contribution < 1.29 is 4.79 Å². The third-order valence-electron chi connectivity index (χ3n) is 2.02. The first-order valence-electron chi connectivity index (χ1n) is 4.98. The number of carbonyl (C=O) groups excluding carboxylic acids is 1. The number of benzene rings is 1. The first kappa shape index (κ1) is 11.3. The molecule has 1 rings (SSSR count). The number of aryl methyl sites for hydroxylation is 1. The normalized spacial score (nSPS) is 10.1. The smallest absolute Gasteiger partial charge is 0.219 e. The highest BCUT2D eigenvalue weighted by Crippen LogP contribution is 2.14. The van der Waals surface area contributed by atoms with E-state index in [1.807, 2.05) is 31.2 Å². The summed E-state index contributed by atoms with van der Waals surface area (Å²) in [6.45, 7) is 4.16. The summed E-state index contributed by atoms with van der Waals surface area (Å²) in [5.41, 5.74) is 2.01. The Labute approximate surface area is 89.9 Å². The number of hydrogen-bond acceptors (Lipinski definition) is 2. The third-order valence-corrected chi connectivity index (χ3v) is 3.01. The molecule has 0 amide bonds. The molecular formula is C12H16OS. The maximum Gasteiger partial charge on any atom is 0.219 e. The lowest BCUT2D eigenvalue weighted by atomic mass is 10.2. The largest absolute Gasteiger partial charge is 0.282 e. The molecule has 76 valence electrons. The fourth-order valence-electron chi connectivity index (χ4n) is 1.08. The van der Waals surface area contributed by atoms with Gasteiger partial charge in [0.25, 0.3) is 0 Å². The summed E-state index contributed by atoms with van der Waals surface area (Å²) >= 11 is 1.42. The summed E-state index contributed by atoms with van der Waals surface area (Å²) < 4.78 is 0. The van der Waals surface area contributed by atoms with E-state index in [2.05, 4.69) is 6.92 Å². The summed E-state index contributed by atoms with van der Waals surface area (Å²) in [5, 5.41) is 0.193. The third kappa shape index (κ3) is 3.54. The molecule has 0 heterocycles. The van der Waals surface area contributed by atoms with Gasteiger partial charge in [-0.05, 0) is 13.3 Å². The van der Waals surface area contributed by atoms with E-state index in [0.29, 0.717) is 0 Å². The first-order chi connectivity index (χ1) is 6.74. The average molecular weight is 208 g/mol. The van der Waals surface area contributed by atoms with Crippen molar-refractivity contribution >= 4 is 16.9 Å². The molecule has 0 spiro atoms. The predicted molar refractivity (Wildman–Crippen MR) is 62.9 cm³/mol. The van der Waals surface area contributed by atoms with E-state index in [9.17, 15) is 4.79 Å². The molecule has 0 aliphatic rings. The van der Waals surface area contributed by atoms with Crippen LogP contribution < -0.4 is 0 Å². The van der Waals surface area contributed by atoms with Crippen molar-refractivity contribution in [3.8, 4) is 0 Å². The molecule has 0 N–H and O–H groups in total. The summed E-state index contributed by atoms with van der Waals surface area (Å²) in [6, 6.07) is 7.76. The van der Waals surface area contributed by atoms with Gasteiger partial charge in [0.05, 0.1) is 0 Å². The van der Waals surface area contributed by atoms with Crippen LogP contribution in [0.3, 0.4) is 0 Å². The van der Waals surface area contributed by atoms with E-state index in [1.54, 1.807) is 0 Å². The van der Waals surface area contributed by atoms with Crippen LogP contribution in [0.15, 0.2) is 24.3 Å². The Morgan fingerprint density at radius 2 is 1.93 bits per heavy atom. The highest BCUT2D eigenvalue weighted by atomic mass is 32.2. The molecule has 0 saturated heterocycles. The first-order valence-corrected chi connectivity index (χ1v) is 5.96. The Morgan fingerprint density at radius 1 is 1.29 bits per heavy atom. The molecule has 0 saturated carbocycles. The molecule has 2 heteroatoms. The summed E-state index contributed by atoms with van der Waals surface area (Å²) in [4.78, 5) is 11.6. The number of thioether (sulfide) groups is 1. The van der Waals surface area contributed by atoms with Crippen LogP contribution in [0, 0.1) is 6.92 Å². The zero-order valence-electron chi connectivity index (χ0n) is 8.75. The zero-order chi connectivity index (χ0) is 10.4. The average Bonchev–Trinajstić information content (AvgIpc) is 2.19. The molecule has 0 unspecified atom stereocenters. The van der Waals surface area contributed by atoms with E-state index >= 15 is 0 Å². The molecule has 0 fully saturated rings. The van der Waals surface area contributed by atoms with Crippen LogP contribution in [0.4, 0.5) is 0 Å². The number of hydrogen-bond donors (Lipinski definition) is 0. The lowest BCUT2D eigenvalue weighted by molar-refractivity contribution is 0.108. The highest BCUT2D eigenvalue weighted by Gasteiger charge is 2.04. The van der Waals surface area contributed by atoms with Crippen LogP contribution in [0.2, 0.25) is 0 Å². The van der Waals surface area contributed by atoms with Crippen molar-refractivity contribution in [3.05, 3.63) is 35.4 Å². The molecule has 14 heavy (non-hydrogen) atoms. The molecule has 0 aromatic heterocycles. The van der Waals surface area contributed by atoms with Crippen molar-refractivity contribution in [2.24, 2.45) is 0 Å². The lowest BCUT2D eigenvalue weighted by Crippen LogP contribution is -1.94. The quantitative estimate of drug-likeness (QED) is 0.702. The van der Waals surface area contributed by atoms with E-state index in [-0.39, 0.29) is 5.12 Å². The molecule has 0 bridgehead atoms. The van der Waals surface area contributed by atoms with Gasteiger partial charge in [-0.1, -0.05) is 54.9 Å². The van der Waals surface area contributed by atoms with Gasteiger partial charge in [0.2, 0.25) is 5.12 Å². The minimum atomic E-state index is 0.193. The Morgan fingerprint density at radius 3 is 2.50 bits per heavy atom. The maximum absolute atomic E-state index is 11.6. The molecule has 0 atom stereocenters. The van der Waals surface area contributed by atoms with Crippen LogP contribution in [0.1, 0.15) is 35.7 Å². The van der Waals surface area contributed by atoms with Crippen LogP contribution in [-0.2, 0) is 0 Å². The van der Waals surface area contributed by atoms with E-state index < -0.39 is 0 Å². The minimum absolute atomic E-state index is 0.193. The second kappa shape index (κ2) is 5.86. The Balaban J connectivity index is 2.48. The monoisotopic (exact) mass is 208 g/mol. The summed E-state index contributed by atoms with van der Waals surface area (Å²) in [7, 11) is 0. The SMILES string of the molecule is CCCCSC(=O)c1ccc(C)cc1. The molecule has 0 aliphatic carbocycles. The van der Waals surface area contributed by atoms with Gasteiger partial charge < -0.3 is 0 Å². The van der Waals surface area contributed by atoms with E-state index in [1.165, 1.54) is 17.3 Å². The van der Waals surface area contributed by atoms with Gasteiger partial charge in [0, 0.05) is 11.3 Å². The molecule has 1 nitrogen and oxygen atoms in total. The topological polar surface area (TPSA) is 17.1 Å². The van der Waals surface area contributed by atoms with Gasteiger partial charge in [0.15, 0.2) is 0 Å². The molecule has 0 aliphatic heterocycles. The second-order valence-electron chi connectivity index (χ2n) is 3.36. The van der Waals surface area contributed by atoms with Gasteiger partial charge >= 0.3 is 0 Å². The molecule has 1 aromatic rings. The van der Waals surface area contributed by atoms with Crippen molar-refractivity contribution in [2.75, 3.05) is 5.75 Å². The van der Waals surface area contributed by atoms with Gasteiger partial charge in [-0.25, -0.2) is 0 Å². The Kier molecular flexibility index (Phi) is 4.74. The highest BCUT2D eigenvalue weighted by molar-refractivity contribution is 8.14. The van der Waals surface area contributed by atoms with Gasteiger partial charge in [0.1, 0.15) is 0 Å². The van der Waals surface area contributed by atoms with Crippen LogP contribution >= 0.6 is 11.8 Å². The Bertz CT molecular complexity index is 290. The van der Waals surface area contributed by atoms with Crippen LogP contribution in [0.25, 0.3) is 0 Å². The second-order valence-corrected chi connectivity index (χ2v) is 4.42. The maximum atomic E-state index is 11.6. The predicted octanol–water partition coefficient (Wildman–Crippen LogP) is 3.67. The van der Waals surface area contributed by atoms with E-state index in [0.717, 1.165) is 24.2 Å². The number of rotatable bonds is 4.